The Bertz CT molecular complexity index is 434. The largest absolute Gasteiger partial charge is 0.313 e. The molecule has 0 aromatic heterocycles. The molecule has 0 saturated heterocycles. The second-order valence-corrected chi connectivity index (χ2v) is 5.70. The number of hydrogen-bond acceptors (Lipinski definition) is 3. The first kappa shape index (κ1) is 13.4. The molecule has 3 N–H and O–H groups in total. The second-order valence-electron chi connectivity index (χ2n) is 3.53. The van der Waals surface area contributed by atoms with Gasteiger partial charge in [0.1, 0.15) is 0 Å². The van der Waals surface area contributed by atoms with Crippen molar-refractivity contribution < 1.29 is 8.42 Å². The van der Waals surface area contributed by atoms with Crippen LogP contribution in [0.3, 0.4) is 0 Å². The van der Waals surface area contributed by atoms with Crippen molar-refractivity contribution in [2.45, 2.75) is 13.0 Å². The van der Waals surface area contributed by atoms with Gasteiger partial charge in [0.2, 0.25) is 10.0 Å². The minimum Gasteiger partial charge on any atom is -0.313 e. The summed E-state index contributed by atoms with van der Waals surface area (Å²) in [5.74, 6) is 0.00947. The molecule has 0 unspecified atom stereocenters. The van der Waals surface area contributed by atoms with E-state index in [1.807, 2.05) is 24.3 Å². The highest BCUT2D eigenvalue weighted by atomic mass is 35.5. The standard InChI is InChI=1S/C10H15ClN2O2S/c11-10-4-1-3-9(7-10)8-13-5-2-6-16(12,14)15/h1,3-4,7,13H,2,5-6,8H2,(H2,12,14,15). The summed E-state index contributed by atoms with van der Waals surface area (Å²) < 4.78 is 21.3. The zero-order chi connectivity index (χ0) is 12.0. The number of rotatable bonds is 6. The highest BCUT2D eigenvalue weighted by Gasteiger charge is 2.01. The molecule has 1 aromatic carbocycles. The van der Waals surface area contributed by atoms with E-state index in [9.17, 15) is 8.42 Å². The maximum Gasteiger partial charge on any atom is 0.209 e. The van der Waals surface area contributed by atoms with Crippen LogP contribution >= 0.6 is 11.6 Å². The normalized spacial score (nSPS) is 11.6. The fraction of sp³-hybridized carbons (Fsp3) is 0.400. The minimum absolute atomic E-state index is 0.00947. The van der Waals surface area contributed by atoms with Crippen molar-refractivity contribution >= 4 is 21.6 Å². The van der Waals surface area contributed by atoms with Gasteiger partial charge in [0.25, 0.3) is 0 Å². The van der Waals surface area contributed by atoms with Gasteiger partial charge in [0.15, 0.2) is 0 Å². The van der Waals surface area contributed by atoms with E-state index >= 15 is 0 Å². The molecular formula is C10H15ClN2O2S. The molecule has 1 aromatic rings. The molecule has 0 heterocycles. The lowest BCUT2D eigenvalue weighted by molar-refractivity contribution is 0.590. The molecule has 1 rings (SSSR count). The van der Waals surface area contributed by atoms with Crippen molar-refractivity contribution in [3.8, 4) is 0 Å². The molecule has 0 saturated carbocycles. The monoisotopic (exact) mass is 262 g/mol. The summed E-state index contributed by atoms with van der Waals surface area (Å²) in [7, 11) is -3.34. The van der Waals surface area contributed by atoms with E-state index in [0.29, 0.717) is 24.5 Å². The fourth-order valence-corrected chi connectivity index (χ4v) is 2.04. The average molecular weight is 263 g/mol. The molecule has 4 nitrogen and oxygen atoms in total. The van der Waals surface area contributed by atoms with E-state index in [4.69, 9.17) is 16.7 Å². The topological polar surface area (TPSA) is 72.2 Å². The molecule has 0 aliphatic rings. The van der Waals surface area contributed by atoms with Crippen LogP contribution in [-0.4, -0.2) is 20.7 Å². The highest BCUT2D eigenvalue weighted by Crippen LogP contribution is 2.10. The Kier molecular flexibility index (Phi) is 5.21. The van der Waals surface area contributed by atoms with Crippen LogP contribution in [0.5, 0.6) is 0 Å². The molecule has 0 radical (unpaired) electrons. The van der Waals surface area contributed by atoms with E-state index in [2.05, 4.69) is 5.32 Å². The molecule has 0 aliphatic carbocycles. The first-order chi connectivity index (χ1) is 7.47. The Hall–Kier alpha value is -0.620. The van der Waals surface area contributed by atoms with Crippen LogP contribution in [0.1, 0.15) is 12.0 Å². The summed E-state index contributed by atoms with van der Waals surface area (Å²) >= 11 is 5.82. The zero-order valence-corrected chi connectivity index (χ0v) is 10.4. The van der Waals surface area contributed by atoms with Gasteiger partial charge in [-0.2, -0.15) is 0 Å². The van der Waals surface area contributed by atoms with E-state index in [-0.39, 0.29) is 5.75 Å². The Morgan fingerprint density at radius 3 is 2.75 bits per heavy atom. The first-order valence-corrected chi connectivity index (χ1v) is 7.02. The molecule has 6 heteroatoms. The lowest BCUT2D eigenvalue weighted by Crippen LogP contribution is -2.22. The average Bonchev–Trinajstić information content (AvgIpc) is 2.15. The van der Waals surface area contributed by atoms with Gasteiger partial charge in [-0.25, -0.2) is 13.6 Å². The van der Waals surface area contributed by atoms with Gasteiger partial charge in [0.05, 0.1) is 5.75 Å². The minimum atomic E-state index is -3.34. The predicted molar refractivity (Wildman–Crippen MR) is 65.7 cm³/mol. The Morgan fingerprint density at radius 1 is 1.38 bits per heavy atom. The molecule has 0 fully saturated rings. The summed E-state index contributed by atoms with van der Waals surface area (Å²) in [6.07, 6.45) is 0.513. The Balaban J connectivity index is 2.21. The van der Waals surface area contributed by atoms with Crippen LogP contribution in [0.15, 0.2) is 24.3 Å². The first-order valence-electron chi connectivity index (χ1n) is 4.93. The molecular weight excluding hydrogens is 248 g/mol. The lowest BCUT2D eigenvalue weighted by Gasteiger charge is -2.04. The van der Waals surface area contributed by atoms with Gasteiger partial charge in [-0.1, -0.05) is 23.7 Å². The number of nitrogens with one attached hydrogen (secondary N) is 1. The van der Waals surface area contributed by atoms with Crippen LogP contribution in [0.25, 0.3) is 0 Å². The zero-order valence-electron chi connectivity index (χ0n) is 8.82. The Labute approximate surface area is 101 Å². The SMILES string of the molecule is NS(=O)(=O)CCCNCc1cccc(Cl)c1. The van der Waals surface area contributed by atoms with Crippen molar-refractivity contribution in [1.82, 2.24) is 5.32 Å². The van der Waals surface area contributed by atoms with Crippen molar-refractivity contribution in [2.24, 2.45) is 5.14 Å². The van der Waals surface area contributed by atoms with E-state index in [0.717, 1.165) is 5.56 Å². The number of halogens is 1. The number of sulfonamides is 1. The molecule has 90 valence electrons. The molecule has 0 atom stereocenters. The number of nitrogens with two attached hydrogens (primary N) is 1. The van der Waals surface area contributed by atoms with Crippen LogP contribution in [0, 0.1) is 0 Å². The summed E-state index contributed by atoms with van der Waals surface area (Å²) in [5.41, 5.74) is 1.07. The number of hydrogen-bond donors (Lipinski definition) is 2. The van der Waals surface area contributed by atoms with Crippen molar-refractivity contribution in [3.63, 3.8) is 0 Å². The second kappa shape index (κ2) is 6.20. The van der Waals surface area contributed by atoms with Crippen LogP contribution in [-0.2, 0) is 16.6 Å². The fourth-order valence-electron chi connectivity index (χ4n) is 1.28. The van der Waals surface area contributed by atoms with Gasteiger partial charge < -0.3 is 5.32 Å². The van der Waals surface area contributed by atoms with Crippen LogP contribution in [0.2, 0.25) is 5.02 Å². The van der Waals surface area contributed by atoms with E-state index < -0.39 is 10.0 Å². The third-order valence-corrected chi connectivity index (χ3v) is 3.09. The molecule has 0 bridgehead atoms. The summed E-state index contributed by atoms with van der Waals surface area (Å²) in [6.45, 7) is 1.29. The highest BCUT2D eigenvalue weighted by molar-refractivity contribution is 7.89. The van der Waals surface area contributed by atoms with Gasteiger partial charge >= 0.3 is 0 Å². The van der Waals surface area contributed by atoms with Gasteiger partial charge in [-0.3, -0.25) is 0 Å². The van der Waals surface area contributed by atoms with Crippen LogP contribution < -0.4 is 10.5 Å². The van der Waals surface area contributed by atoms with Crippen molar-refractivity contribution in [3.05, 3.63) is 34.9 Å². The summed E-state index contributed by atoms with van der Waals surface area (Å²) in [4.78, 5) is 0. The maximum absolute atomic E-state index is 10.6. The molecule has 16 heavy (non-hydrogen) atoms. The third-order valence-electron chi connectivity index (χ3n) is 2.00. The van der Waals surface area contributed by atoms with E-state index in [1.54, 1.807) is 0 Å². The quantitative estimate of drug-likeness (QED) is 0.755. The predicted octanol–water partition coefficient (Wildman–Crippen LogP) is 1.11. The van der Waals surface area contributed by atoms with Crippen molar-refractivity contribution in [2.75, 3.05) is 12.3 Å². The molecule has 0 amide bonds. The lowest BCUT2D eigenvalue weighted by atomic mass is 10.2. The number of primary sulfonamides is 1. The van der Waals surface area contributed by atoms with Gasteiger partial charge in [-0.05, 0) is 30.7 Å². The summed E-state index contributed by atoms with van der Waals surface area (Å²) in [5, 5.41) is 8.70. The summed E-state index contributed by atoms with van der Waals surface area (Å²) in [6, 6.07) is 7.52. The van der Waals surface area contributed by atoms with Crippen molar-refractivity contribution in [1.29, 1.82) is 0 Å². The number of benzene rings is 1. The molecule has 0 aliphatic heterocycles. The molecule has 0 spiro atoms. The van der Waals surface area contributed by atoms with Gasteiger partial charge in [-0.15, -0.1) is 0 Å². The smallest absolute Gasteiger partial charge is 0.209 e. The van der Waals surface area contributed by atoms with Crippen LogP contribution in [0.4, 0.5) is 0 Å². The Morgan fingerprint density at radius 2 is 2.12 bits per heavy atom. The third kappa shape index (κ3) is 6.07. The van der Waals surface area contributed by atoms with Gasteiger partial charge in [0, 0.05) is 11.6 Å². The maximum atomic E-state index is 10.6. The van der Waals surface area contributed by atoms with E-state index in [1.165, 1.54) is 0 Å².